The molecule has 0 spiro atoms. The molecule has 2 amide bonds. The number of sulfonamides is 1. The van der Waals surface area contributed by atoms with Crippen molar-refractivity contribution >= 4 is 21.7 Å². The van der Waals surface area contributed by atoms with E-state index in [0.717, 1.165) is 24.2 Å². The maximum absolute atomic E-state index is 12.6. The van der Waals surface area contributed by atoms with Crippen LogP contribution in [0, 0.1) is 5.92 Å². The molecule has 0 radical (unpaired) electrons. The molecule has 1 aliphatic heterocycles. The lowest BCUT2D eigenvalue weighted by Crippen LogP contribution is -2.30. The van der Waals surface area contributed by atoms with E-state index >= 15 is 0 Å². The molecule has 8 heteroatoms. The van der Waals surface area contributed by atoms with Gasteiger partial charge in [0, 0.05) is 19.3 Å². The maximum Gasteiger partial charge on any atom is 0.318 e. The van der Waals surface area contributed by atoms with Gasteiger partial charge >= 0.3 is 6.03 Å². The lowest BCUT2D eigenvalue weighted by Gasteiger charge is -2.15. The van der Waals surface area contributed by atoms with Crippen LogP contribution in [0.15, 0.2) is 53.4 Å². The summed E-state index contributed by atoms with van der Waals surface area (Å²) in [6.45, 7) is 0.918. The molecule has 2 aromatic carbocycles. The van der Waals surface area contributed by atoms with E-state index in [1.165, 1.54) is 19.2 Å². The smallest absolute Gasteiger partial charge is 0.318 e. The van der Waals surface area contributed by atoms with Crippen molar-refractivity contribution in [3.05, 3.63) is 54.1 Å². The fourth-order valence-electron chi connectivity index (χ4n) is 2.96. The quantitative estimate of drug-likeness (QED) is 0.731. The van der Waals surface area contributed by atoms with Crippen molar-refractivity contribution in [2.45, 2.75) is 17.7 Å². The molecule has 0 aromatic heterocycles. The van der Waals surface area contributed by atoms with Crippen LogP contribution in [0.4, 0.5) is 10.5 Å². The lowest BCUT2D eigenvalue weighted by atomic mass is 9.97. The summed E-state index contributed by atoms with van der Waals surface area (Å²) in [4.78, 5) is 11.5. The van der Waals surface area contributed by atoms with Crippen molar-refractivity contribution in [3.8, 4) is 5.75 Å². The Balaban J connectivity index is 1.62. The second-order valence-corrected chi connectivity index (χ2v) is 8.16. The number of carbonyl (C=O) groups is 1. The van der Waals surface area contributed by atoms with Gasteiger partial charge in [-0.05, 0) is 54.7 Å². The van der Waals surface area contributed by atoms with Crippen LogP contribution < -0.4 is 20.1 Å². The Labute approximate surface area is 159 Å². The van der Waals surface area contributed by atoms with Crippen LogP contribution in [0.25, 0.3) is 0 Å². The van der Waals surface area contributed by atoms with E-state index in [0.29, 0.717) is 18.8 Å². The number of carbonyl (C=O) groups excluding carboxylic acids is 1. The Kier molecular flexibility index (Phi) is 5.98. The molecular weight excluding hydrogens is 366 g/mol. The summed E-state index contributed by atoms with van der Waals surface area (Å²) in [6.07, 6.45) is 1.56. The fraction of sp³-hybridized carbons (Fsp3) is 0.316. The number of amides is 2. The van der Waals surface area contributed by atoms with E-state index in [9.17, 15) is 13.2 Å². The number of hydrogen-bond acceptors (Lipinski definition) is 4. The van der Waals surface area contributed by atoms with Crippen LogP contribution in [0.2, 0.25) is 0 Å². The van der Waals surface area contributed by atoms with E-state index in [4.69, 9.17) is 4.74 Å². The number of urea groups is 1. The van der Waals surface area contributed by atoms with Gasteiger partial charge in [0.2, 0.25) is 10.0 Å². The van der Waals surface area contributed by atoms with Crippen LogP contribution in [0.3, 0.4) is 0 Å². The third-order valence-electron chi connectivity index (χ3n) is 4.48. The van der Waals surface area contributed by atoms with Gasteiger partial charge in [0.25, 0.3) is 0 Å². The highest BCUT2D eigenvalue weighted by molar-refractivity contribution is 7.89. The van der Waals surface area contributed by atoms with Crippen molar-refractivity contribution in [2.24, 2.45) is 5.92 Å². The molecule has 0 aliphatic carbocycles. The first kappa shape index (κ1) is 19.2. The highest BCUT2D eigenvalue weighted by Crippen LogP contribution is 2.26. The van der Waals surface area contributed by atoms with Crippen LogP contribution >= 0.6 is 0 Å². The second-order valence-electron chi connectivity index (χ2n) is 6.40. The molecule has 0 saturated carbocycles. The van der Waals surface area contributed by atoms with Gasteiger partial charge in [-0.3, -0.25) is 0 Å². The number of benzene rings is 2. The minimum Gasteiger partial charge on any atom is -0.493 e. The molecule has 27 heavy (non-hydrogen) atoms. The minimum atomic E-state index is -3.62. The molecule has 1 unspecified atom stereocenters. The van der Waals surface area contributed by atoms with E-state index in [1.54, 1.807) is 12.1 Å². The van der Waals surface area contributed by atoms with Crippen molar-refractivity contribution in [1.29, 1.82) is 0 Å². The standard InChI is InChI=1S/C19H23N3O4S/c1-20-19(23)22-16-6-8-17(9-7-16)27(24,25)21-13-14-10-11-26-18-5-3-2-4-15(18)12-14/h2-9,14,21H,10-13H2,1H3,(H2,20,22,23). The number of ether oxygens (including phenoxy) is 1. The number of hydrogen-bond donors (Lipinski definition) is 3. The minimum absolute atomic E-state index is 0.162. The van der Waals surface area contributed by atoms with E-state index in [2.05, 4.69) is 15.4 Å². The summed E-state index contributed by atoms with van der Waals surface area (Å²) in [5.41, 5.74) is 1.62. The Morgan fingerprint density at radius 1 is 1.15 bits per heavy atom. The number of nitrogens with one attached hydrogen (secondary N) is 3. The molecular formula is C19H23N3O4S. The van der Waals surface area contributed by atoms with Crippen LogP contribution in [-0.4, -0.2) is 34.6 Å². The molecule has 144 valence electrons. The first-order chi connectivity index (χ1) is 13.0. The highest BCUT2D eigenvalue weighted by atomic mass is 32.2. The van der Waals surface area contributed by atoms with E-state index in [1.807, 2.05) is 24.3 Å². The van der Waals surface area contributed by atoms with Gasteiger partial charge in [0.15, 0.2) is 0 Å². The molecule has 7 nitrogen and oxygen atoms in total. The molecule has 1 heterocycles. The molecule has 0 bridgehead atoms. The Bertz CT molecular complexity index is 897. The number of rotatable bonds is 5. The molecule has 1 atom stereocenters. The van der Waals surface area contributed by atoms with Gasteiger partial charge in [-0.1, -0.05) is 18.2 Å². The average Bonchev–Trinajstić information content (AvgIpc) is 2.89. The maximum atomic E-state index is 12.6. The van der Waals surface area contributed by atoms with Gasteiger partial charge in [-0.2, -0.15) is 0 Å². The largest absolute Gasteiger partial charge is 0.493 e. The summed E-state index contributed by atoms with van der Waals surface area (Å²) in [5.74, 6) is 1.04. The van der Waals surface area contributed by atoms with Gasteiger partial charge in [-0.25, -0.2) is 17.9 Å². The summed E-state index contributed by atoms with van der Waals surface area (Å²) < 4.78 is 33.5. The van der Waals surface area contributed by atoms with E-state index in [-0.39, 0.29) is 16.8 Å². The molecule has 3 rings (SSSR count). The zero-order valence-electron chi connectivity index (χ0n) is 15.1. The Morgan fingerprint density at radius 2 is 1.89 bits per heavy atom. The molecule has 3 N–H and O–H groups in total. The Hall–Kier alpha value is -2.58. The van der Waals surface area contributed by atoms with Crippen molar-refractivity contribution in [2.75, 3.05) is 25.5 Å². The van der Waals surface area contributed by atoms with Crippen LogP contribution in [0.1, 0.15) is 12.0 Å². The third-order valence-corrected chi connectivity index (χ3v) is 5.92. The third kappa shape index (κ3) is 4.99. The predicted octanol–water partition coefficient (Wildman–Crippen LogP) is 2.36. The van der Waals surface area contributed by atoms with Gasteiger partial charge in [0.05, 0.1) is 11.5 Å². The normalized spacial score (nSPS) is 16.6. The van der Waals surface area contributed by atoms with E-state index < -0.39 is 10.0 Å². The van der Waals surface area contributed by atoms with Crippen molar-refractivity contribution in [3.63, 3.8) is 0 Å². The Morgan fingerprint density at radius 3 is 2.63 bits per heavy atom. The SMILES string of the molecule is CNC(=O)Nc1ccc(S(=O)(=O)NCC2CCOc3ccccc3C2)cc1. The second kappa shape index (κ2) is 8.41. The summed E-state index contributed by atoms with van der Waals surface area (Å²) in [5, 5.41) is 5.03. The summed E-state index contributed by atoms with van der Waals surface area (Å²) in [6, 6.07) is 13.5. The first-order valence-corrected chi connectivity index (χ1v) is 10.3. The first-order valence-electron chi connectivity index (χ1n) is 8.77. The van der Waals surface area contributed by atoms with Crippen LogP contribution in [-0.2, 0) is 16.4 Å². The van der Waals surface area contributed by atoms with Crippen molar-refractivity contribution in [1.82, 2.24) is 10.0 Å². The monoisotopic (exact) mass is 389 g/mol. The fourth-order valence-corrected chi connectivity index (χ4v) is 4.07. The predicted molar refractivity (Wildman–Crippen MR) is 103 cm³/mol. The van der Waals surface area contributed by atoms with Crippen LogP contribution in [0.5, 0.6) is 5.75 Å². The van der Waals surface area contributed by atoms with Gasteiger partial charge < -0.3 is 15.4 Å². The van der Waals surface area contributed by atoms with Gasteiger partial charge in [-0.15, -0.1) is 0 Å². The highest BCUT2D eigenvalue weighted by Gasteiger charge is 2.21. The summed E-state index contributed by atoms with van der Waals surface area (Å²) in [7, 11) is -2.11. The molecule has 0 saturated heterocycles. The summed E-state index contributed by atoms with van der Waals surface area (Å²) >= 11 is 0. The topological polar surface area (TPSA) is 96.5 Å². The zero-order chi connectivity index (χ0) is 19.3. The number of anilines is 1. The average molecular weight is 389 g/mol. The molecule has 0 fully saturated rings. The van der Waals surface area contributed by atoms with Gasteiger partial charge in [0.1, 0.15) is 5.75 Å². The lowest BCUT2D eigenvalue weighted by molar-refractivity contribution is 0.254. The zero-order valence-corrected chi connectivity index (χ0v) is 15.9. The molecule has 2 aromatic rings. The number of fused-ring (bicyclic) bond motifs is 1. The molecule has 1 aliphatic rings. The number of para-hydroxylation sites is 1. The van der Waals surface area contributed by atoms with Crippen molar-refractivity contribution < 1.29 is 17.9 Å².